The molecule has 0 saturated heterocycles. The third kappa shape index (κ3) is 0.719. The molecule has 0 aromatic carbocycles. The van der Waals surface area contributed by atoms with E-state index in [-0.39, 0.29) is 0 Å². The summed E-state index contributed by atoms with van der Waals surface area (Å²) in [5, 5.41) is 7.59. The van der Waals surface area contributed by atoms with Crippen LogP contribution in [0.5, 0.6) is 0 Å². The van der Waals surface area contributed by atoms with Crippen LogP contribution in [-0.4, -0.2) is 5.16 Å². The predicted molar refractivity (Wildman–Crippen MR) is 35.8 cm³/mol. The molecule has 0 spiro atoms. The Morgan fingerprint density at radius 2 is 2.40 bits per heavy atom. The van der Waals surface area contributed by atoms with E-state index in [9.17, 15) is 0 Å². The molecule has 1 aromatic heterocycles. The molecule has 1 aliphatic heterocycles. The first-order valence-corrected chi connectivity index (χ1v) is 2.95. The number of allylic oxidation sites excluding steroid dienone is 2. The van der Waals surface area contributed by atoms with Crippen LogP contribution < -0.4 is 5.32 Å². The Bertz CT molecular complexity index is 272. The Morgan fingerprint density at radius 3 is 3.00 bits per heavy atom. The number of nitrogens with zero attached hydrogens (tertiary/aromatic N) is 2. The number of hydrogen-bond acceptors (Lipinski definition) is 2. The van der Waals surface area contributed by atoms with Gasteiger partial charge in [-0.1, -0.05) is 5.16 Å². The van der Waals surface area contributed by atoms with E-state index < -0.39 is 0 Å². The standard InChI is InChI=1S/C7H5N2O/c1-2-6(8-4-1)7-3-5-9-10-7/h1-5H. The minimum Gasteiger partial charge on any atom is -0.355 e. The van der Waals surface area contributed by atoms with E-state index in [2.05, 4.69) is 10.5 Å². The van der Waals surface area contributed by atoms with E-state index in [0.29, 0.717) is 5.76 Å². The average Bonchev–Trinajstić information content (AvgIpc) is 2.59. The van der Waals surface area contributed by atoms with Crippen LogP contribution in [0.2, 0.25) is 0 Å². The molecule has 0 fully saturated rings. The SMILES string of the molecule is C1=C[N]C(c2ccno2)=C1. The maximum atomic E-state index is 4.87. The zero-order chi connectivity index (χ0) is 6.81. The maximum absolute atomic E-state index is 4.87. The maximum Gasteiger partial charge on any atom is 0.185 e. The molecular formula is C7H5N2O. The summed E-state index contributed by atoms with van der Waals surface area (Å²) in [4.78, 5) is 0. The summed E-state index contributed by atoms with van der Waals surface area (Å²) in [6, 6.07) is 1.78. The lowest BCUT2D eigenvalue weighted by molar-refractivity contribution is 0.408. The van der Waals surface area contributed by atoms with Crippen molar-refractivity contribution in [3.8, 4) is 0 Å². The second-order valence-electron chi connectivity index (χ2n) is 1.90. The van der Waals surface area contributed by atoms with Crippen LogP contribution in [0.1, 0.15) is 5.76 Å². The number of rotatable bonds is 1. The smallest absolute Gasteiger partial charge is 0.185 e. The van der Waals surface area contributed by atoms with Crippen LogP contribution in [0.25, 0.3) is 5.70 Å². The van der Waals surface area contributed by atoms with Crippen molar-refractivity contribution in [1.82, 2.24) is 10.5 Å². The molecule has 0 atom stereocenters. The van der Waals surface area contributed by atoms with Crippen molar-refractivity contribution < 1.29 is 4.52 Å². The second-order valence-corrected chi connectivity index (χ2v) is 1.90. The molecule has 0 aliphatic carbocycles. The normalized spacial score (nSPS) is 15.0. The zero-order valence-electron chi connectivity index (χ0n) is 5.19. The first-order valence-electron chi connectivity index (χ1n) is 2.95. The fraction of sp³-hybridized carbons (Fsp3) is 0. The van der Waals surface area contributed by atoms with E-state index >= 15 is 0 Å². The fourth-order valence-corrected chi connectivity index (χ4v) is 0.794. The van der Waals surface area contributed by atoms with Gasteiger partial charge in [0, 0.05) is 12.3 Å². The largest absolute Gasteiger partial charge is 0.355 e. The summed E-state index contributed by atoms with van der Waals surface area (Å²) in [5.41, 5.74) is 0.831. The van der Waals surface area contributed by atoms with Crippen molar-refractivity contribution in [3.63, 3.8) is 0 Å². The molecule has 2 rings (SSSR count). The van der Waals surface area contributed by atoms with Gasteiger partial charge in [-0.05, 0) is 12.2 Å². The van der Waals surface area contributed by atoms with Gasteiger partial charge in [0.15, 0.2) is 5.76 Å². The summed E-state index contributed by atoms with van der Waals surface area (Å²) >= 11 is 0. The van der Waals surface area contributed by atoms with E-state index in [4.69, 9.17) is 4.52 Å². The van der Waals surface area contributed by atoms with Crippen LogP contribution in [0.3, 0.4) is 0 Å². The highest BCUT2D eigenvalue weighted by Gasteiger charge is 2.06. The van der Waals surface area contributed by atoms with Crippen molar-refractivity contribution in [3.05, 3.63) is 36.4 Å². The van der Waals surface area contributed by atoms with Crippen molar-refractivity contribution >= 4 is 5.70 Å². The van der Waals surface area contributed by atoms with Crippen molar-refractivity contribution in [1.29, 1.82) is 0 Å². The van der Waals surface area contributed by atoms with E-state index in [1.807, 2.05) is 12.2 Å². The van der Waals surface area contributed by atoms with E-state index in [1.54, 1.807) is 18.5 Å². The quantitative estimate of drug-likeness (QED) is 0.576. The Labute approximate surface area is 58.0 Å². The molecule has 0 saturated carbocycles. The first kappa shape index (κ1) is 5.29. The van der Waals surface area contributed by atoms with Crippen LogP contribution >= 0.6 is 0 Å². The summed E-state index contributed by atoms with van der Waals surface area (Å²) in [6.45, 7) is 0. The Hall–Kier alpha value is -1.51. The van der Waals surface area contributed by atoms with Crippen molar-refractivity contribution in [2.45, 2.75) is 0 Å². The summed E-state index contributed by atoms with van der Waals surface area (Å²) < 4.78 is 4.87. The molecule has 2 heterocycles. The Balaban J connectivity index is 2.30. The monoisotopic (exact) mass is 133 g/mol. The van der Waals surface area contributed by atoms with Gasteiger partial charge in [-0.25, -0.2) is 0 Å². The van der Waals surface area contributed by atoms with Gasteiger partial charge in [0.05, 0.1) is 6.20 Å². The molecule has 1 radical (unpaired) electrons. The predicted octanol–water partition coefficient (Wildman–Crippen LogP) is 1.15. The molecular weight excluding hydrogens is 128 g/mol. The third-order valence-corrected chi connectivity index (χ3v) is 1.24. The fourth-order valence-electron chi connectivity index (χ4n) is 0.794. The molecule has 1 aromatic rings. The van der Waals surface area contributed by atoms with Crippen LogP contribution in [0.15, 0.2) is 35.1 Å². The Morgan fingerprint density at radius 1 is 1.40 bits per heavy atom. The second kappa shape index (κ2) is 2.02. The van der Waals surface area contributed by atoms with E-state index in [0.717, 1.165) is 5.70 Å². The van der Waals surface area contributed by atoms with Gasteiger partial charge in [-0.3, -0.25) is 5.32 Å². The van der Waals surface area contributed by atoms with Gasteiger partial charge < -0.3 is 4.52 Å². The molecule has 3 nitrogen and oxygen atoms in total. The van der Waals surface area contributed by atoms with Crippen LogP contribution in [-0.2, 0) is 0 Å². The van der Waals surface area contributed by atoms with E-state index in [1.165, 1.54) is 0 Å². The average molecular weight is 133 g/mol. The lowest BCUT2D eigenvalue weighted by Crippen LogP contribution is -1.88. The van der Waals surface area contributed by atoms with Gasteiger partial charge in [0.25, 0.3) is 0 Å². The topological polar surface area (TPSA) is 40.1 Å². The first-order chi connectivity index (χ1) is 4.97. The minimum absolute atomic E-state index is 0.713. The highest BCUT2D eigenvalue weighted by molar-refractivity contribution is 5.64. The van der Waals surface area contributed by atoms with Crippen molar-refractivity contribution in [2.24, 2.45) is 0 Å². The van der Waals surface area contributed by atoms with Crippen LogP contribution in [0.4, 0.5) is 0 Å². The third-order valence-electron chi connectivity index (χ3n) is 1.24. The molecule has 49 valence electrons. The van der Waals surface area contributed by atoms with Crippen molar-refractivity contribution in [2.75, 3.05) is 0 Å². The lowest BCUT2D eigenvalue weighted by atomic mass is 10.3. The molecule has 0 amide bonds. The Kier molecular flexibility index (Phi) is 1.07. The molecule has 3 heteroatoms. The highest BCUT2D eigenvalue weighted by atomic mass is 16.5. The highest BCUT2D eigenvalue weighted by Crippen LogP contribution is 2.14. The molecule has 0 unspecified atom stereocenters. The molecule has 10 heavy (non-hydrogen) atoms. The molecule has 0 N–H and O–H groups in total. The van der Waals surface area contributed by atoms with Crippen LogP contribution in [0, 0.1) is 0 Å². The zero-order valence-corrected chi connectivity index (χ0v) is 5.19. The molecule has 0 bridgehead atoms. The van der Waals surface area contributed by atoms with Gasteiger partial charge >= 0.3 is 0 Å². The summed E-state index contributed by atoms with van der Waals surface area (Å²) in [7, 11) is 0. The van der Waals surface area contributed by atoms with Gasteiger partial charge in [-0.2, -0.15) is 0 Å². The molecule has 1 aliphatic rings. The van der Waals surface area contributed by atoms with Gasteiger partial charge in [0.1, 0.15) is 5.70 Å². The number of hydrogen-bond donors (Lipinski definition) is 0. The van der Waals surface area contributed by atoms with Gasteiger partial charge in [-0.15, -0.1) is 0 Å². The summed E-state index contributed by atoms with van der Waals surface area (Å²) in [5.74, 6) is 0.713. The minimum atomic E-state index is 0.713. The lowest BCUT2D eigenvalue weighted by Gasteiger charge is -1.90. The van der Waals surface area contributed by atoms with Gasteiger partial charge in [0.2, 0.25) is 0 Å². The summed E-state index contributed by atoms with van der Waals surface area (Å²) in [6.07, 6.45) is 7.06. The number of aromatic nitrogens is 1.